The molecule has 2 aromatic rings. The van der Waals surface area contributed by atoms with Gasteiger partial charge >= 0.3 is 0 Å². The molecule has 0 N–H and O–H groups in total. The van der Waals surface area contributed by atoms with E-state index in [-0.39, 0.29) is 0 Å². The van der Waals surface area contributed by atoms with Gasteiger partial charge in [-0.05, 0) is 31.1 Å². The van der Waals surface area contributed by atoms with Gasteiger partial charge in [-0.15, -0.1) is 0 Å². The average molecular weight is 309 g/mol. The Hall–Kier alpha value is -2.14. The molecule has 2 aliphatic rings. The largest absolute Gasteiger partial charge is 0.355 e. The molecule has 1 saturated heterocycles. The summed E-state index contributed by atoms with van der Waals surface area (Å²) in [4.78, 5) is 16.1. The minimum absolute atomic E-state index is 0.940. The van der Waals surface area contributed by atoms with Crippen LogP contribution in [-0.4, -0.2) is 48.1 Å². The topological polar surface area (TPSA) is 35.5 Å². The Morgan fingerprint density at radius 3 is 2.26 bits per heavy atom. The van der Waals surface area contributed by atoms with E-state index in [0.29, 0.717) is 0 Å². The lowest BCUT2D eigenvalue weighted by molar-refractivity contribution is 0.360. The SMILES string of the molecule is CN1CCCN(c2cc(N3Cc4ccccc4C3)ncn2)CC1. The molecule has 5 nitrogen and oxygen atoms in total. The zero-order valence-corrected chi connectivity index (χ0v) is 13.6. The van der Waals surface area contributed by atoms with Crippen LogP contribution in [0.5, 0.6) is 0 Å². The normalized spacial score (nSPS) is 18.8. The van der Waals surface area contributed by atoms with Crippen molar-refractivity contribution in [2.24, 2.45) is 0 Å². The highest BCUT2D eigenvalue weighted by Crippen LogP contribution is 2.28. The van der Waals surface area contributed by atoms with E-state index < -0.39 is 0 Å². The van der Waals surface area contributed by atoms with Crippen molar-refractivity contribution in [3.05, 3.63) is 47.8 Å². The zero-order valence-electron chi connectivity index (χ0n) is 13.6. The first-order chi connectivity index (χ1) is 11.3. The number of rotatable bonds is 2. The molecule has 3 heterocycles. The molecule has 1 fully saturated rings. The van der Waals surface area contributed by atoms with E-state index in [1.165, 1.54) is 17.5 Å². The van der Waals surface area contributed by atoms with Crippen LogP contribution in [0.15, 0.2) is 36.7 Å². The lowest BCUT2D eigenvalue weighted by Crippen LogP contribution is -2.29. The van der Waals surface area contributed by atoms with E-state index in [9.17, 15) is 0 Å². The monoisotopic (exact) mass is 309 g/mol. The molecule has 0 spiro atoms. The molecule has 0 radical (unpaired) electrons. The van der Waals surface area contributed by atoms with Crippen molar-refractivity contribution in [2.75, 3.05) is 43.0 Å². The Bertz CT molecular complexity index is 662. The summed E-state index contributed by atoms with van der Waals surface area (Å²) in [5.41, 5.74) is 2.81. The van der Waals surface area contributed by atoms with Crippen LogP contribution >= 0.6 is 0 Å². The predicted octanol–water partition coefficient (Wildman–Crippen LogP) is 2.14. The number of fused-ring (bicyclic) bond motifs is 1. The quantitative estimate of drug-likeness (QED) is 0.849. The van der Waals surface area contributed by atoms with Crippen LogP contribution in [-0.2, 0) is 13.1 Å². The first kappa shape index (κ1) is 14.5. The molecule has 0 atom stereocenters. The van der Waals surface area contributed by atoms with Gasteiger partial charge in [0.1, 0.15) is 18.0 Å². The lowest BCUT2D eigenvalue weighted by atomic mass is 10.1. The highest BCUT2D eigenvalue weighted by Gasteiger charge is 2.21. The number of likely N-dealkylation sites (N-methyl/N-ethyl adjacent to an activating group) is 1. The molecule has 120 valence electrons. The first-order valence-corrected chi connectivity index (χ1v) is 8.37. The van der Waals surface area contributed by atoms with Gasteiger partial charge in [0.15, 0.2) is 0 Å². The van der Waals surface area contributed by atoms with Crippen molar-refractivity contribution in [3.8, 4) is 0 Å². The molecule has 0 unspecified atom stereocenters. The molecule has 2 aliphatic heterocycles. The highest BCUT2D eigenvalue weighted by atomic mass is 15.3. The second-order valence-electron chi connectivity index (χ2n) is 6.50. The summed E-state index contributed by atoms with van der Waals surface area (Å²) in [6.07, 6.45) is 2.90. The summed E-state index contributed by atoms with van der Waals surface area (Å²) >= 11 is 0. The molecule has 1 aromatic carbocycles. The summed E-state index contributed by atoms with van der Waals surface area (Å²) in [5.74, 6) is 2.09. The summed E-state index contributed by atoms with van der Waals surface area (Å²) < 4.78 is 0. The van der Waals surface area contributed by atoms with Crippen molar-refractivity contribution in [1.82, 2.24) is 14.9 Å². The highest BCUT2D eigenvalue weighted by molar-refractivity contribution is 5.53. The summed E-state index contributed by atoms with van der Waals surface area (Å²) in [7, 11) is 2.19. The zero-order chi connectivity index (χ0) is 15.6. The van der Waals surface area contributed by atoms with Crippen molar-refractivity contribution in [3.63, 3.8) is 0 Å². The maximum atomic E-state index is 4.52. The molecule has 0 bridgehead atoms. The molecule has 4 rings (SSSR count). The molecule has 1 aromatic heterocycles. The number of nitrogens with zero attached hydrogens (tertiary/aromatic N) is 5. The third kappa shape index (κ3) is 3.01. The standard InChI is InChI=1S/C18H23N5/c1-21-7-4-8-22(10-9-21)17-11-18(20-14-19-17)23-12-15-5-2-3-6-16(15)13-23/h2-3,5-6,11,14H,4,7-10,12-13H2,1H3. The fourth-order valence-electron chi connectivity index (χ4n) is 3.45. The fraction of sp³-hybridized carbons (Fsp3) is 0.444. The first-order valence-electron chi connectivity index (χ1n) is 8.37. The maximum Gasteiger partial charge on any atom is 0.134 e. The number of anilines is 2. The predicted molar refractivity (Wildman–Crippen MR) is 92.7 cm³/mol. The summed E-state index contributed by atoms with van der Waals surface area (Å²) in [5, 5.41) is 0. The van der Waals surface area contributed by atoms with Gasteiger partial charge in [-0.25, -0.2) is 9.97 Å². The van der Waals surface area contributed by atoms with Crippen LogP contribution < -0.4 is 9.80 Å². The second kappa shape index (κ2) is 6.16. The average Bonchev–Trinajstić information content (AvgIpc) is 2.90. The number of aromatic nitrogens is 2. The van der Waals surface area contributed by atoms with Crippen LogP contribution in [0.2, 0.25) is 0 Å². The van der Waals surface area contributed by atoms with Gasteiger partial charge < -0.3 is 14.7 Å². The Balaban J connectivity index is 1.53. The van der Waals surface area contributed by atoms with Gasteiger partial charge in [0.2, 0.25) is 0 Å². The second-order valence-corrected chi connectivity index (χ2v) is 6.50. The van der Waals surface area contributed by atoms with Crippen LogP contribution in [0, 0.1) is 0 Å². The van der Waals surface area contributed by atoms with E-state index in [1.54, 1.807) is 6.33 Å². The van der Waals surface area contributed by atoms with E-state index in [0.717, 1.165) is 50.9 Å². The van der Waals surface area contributed by atoms with Crippen LogP contribution in [0.3, 0.4) is 0 Å². The Labute approximate surface area is 137 Å². The molecule has 23 heavy (non-hydrogen) atoms. The van der Waals surface area contributed by atoms with E-state index in [2.05, 4.69) is 62.0 Å². The number of hydrogen-bond acceptors (Lipinski definition) is 5. The summed E-state index contributed by atoms with van der Waals surface area (Å²) in [6, 6.07) is 10.8. The molecular weight excluding hydrogens is 286 g/mol. The number of benzene rings is 1. The van der Waals surface area contributed by atoms with E-state index in [4.69, 9.17) is 0 Å². The summed E-state index contributed by atoms with van der Waals surface area (Å²) in [6.45, 7) is 6.24. The fourth-order valence-corrected chi connectivity index (χ4v) is 3.45. The van der Waals surface area contributed by atoms with Gasteiger partial charge in [0.25, 0.3) is 0 Å². The van der Waals surface area contributed by atoms with Crippen LogP contribution in [0.1, 0.15) is 17.5 Å². The van der Waals surface area contributed by atoms with E-state index >= 15 is 0 Å². The Morgan fingerprint density at radius 1 is 0.826 bits per heavy atom. The molecular formula is C18H23N5. The van der Waals surface area contributed by atoms with Gasteiger partial charge in [-0.1, -0.05) is 24.3 Å². The smallest absolute Gasteiger partial charge is 0.134 e. The Kier molecular flexibility index (Phi) is 3.87. The Morgan fingerprint density at radius 2 is 1.52 bits per heavy atom. The maximum absolute atomic E-state index is 4.52. The third-order valence-electron chi connectivity index (χ3n) is 4.85. The molecule has 0 saturated carbocycles. The van der Waals surface area contributed by atoms with Gasteiger partial charge in [-0.2, -0.15) is 0 Å². The van der Waals surface area contributed by atoms with E-state index in [1.807, 2.05) is 0 Å². The van der Waals surface area contributed by atoms with Crippen molar-refractivity contribution in [1.29, 1.82) is 0 Å². The molecule has 5 heteroatoms. The number of hydrogen-bond donors (Lipinski definition) is 0. The van der Waals surface area contributed by atoms with Gasteiger partial charge in [0, 0.05) is 38.8 Å². The van der Waals surface area contributed by atoms with Crippen molar-refractivity contribution < 1.29 is 0 Å². The van der Waals surface area contributed by atoms with Crippen LogP contribution in [0.25, 0.3) is 0 Å². The minimum atomic E-state index is 0.940. The molecule has 0 aliphatic carbocycles. The van der Waals surface area contributed by atoms with Gasteiger partial charge in [0.05, 0.1) is 0 Å². The van der Waals surface area contributed by atoms with Gasteiger partial charge in [-0.3, -0.25) is 0 Å². The van der Waals surface area contributed by atoms with Crippen LogP contribution in [0.4, 0.5) is 11.6 Å². The van der Waals surface area contributed by atoms with Crippen molar-refractivity contribution >= 4 is 11.6 Å². The third-order valence-corrected chi connectivity index (χ3v) is 4.85. The lowest BCUT2D eigenvalue weighted by Gasteiger charge is -2.23. The molecule has 0 amide bonds. The van der Waals surface area contributed by atoms with Crippen molar-refractivity contribution in [2.45, 2.75) is 19.5 Å². The minimum Gasteiger partial charge on any atom is -0.355 e.